The molecule has 1 aliphatic heterocycles. The quantitative estimate of drug-likeness (QED) is 0.486. The predicted molar refractivity (Wildman–Crippen MR) is 38.4 cm³/mol. The summed E-state index contributed by atoms with van der Waals surface area (Å²) < 4.78 is 5.56. The standard InChI is InChI=1S/C8H16O/c1-6-4-7(2)9-8(3)5-6/h6-8H,4-5H2,1-3H3/t7-,8-/m0/s1. The van der Waals surface area contributed by atoms with Crippen LogP contribution in [0.4, 0.5) is 0 Å². The topological polar surface area (TPSA) is 9.23 Å². The first-order chi connectivity index (χ1) is 4.18. The van der Waals surface area contributed by atoms with Crippen LogP contribution in [-0.2, 0) is 4.74 Å². The highest BCUT2D eigenvalue weighted by atomic mass is 16.5. The Bertz CT molecular complexity index is 65.5. The molecule has 0 N–H and O–H groups in total. The smallest absolute Gasteiger partial charge is 0.0553 e. The van der Waals surface area contributed by atoms with Crippen molar-refractivity contribution in [2.75, 3.05) is 0 Å². The average molecular weight is 128 g/mol. The molecular formula is C8H16O. The van der Waals surface area contributed by atoms with Gasteiger partial charge in [-0.15, -0.1) is 0 Å². The Labute approximate surface area is 57.4 Å². The molecule has 9 heavy (non-hydrogen) atoms. The first-order valence-electron chi connectivity index (χ1n) is 3.84. The molecule has 0 aromatic rings. The Morgan fingerprint density at radius 2 is 1.44 bits per heavy atom. The van der Waals surface area contributed by atoms with Crippen LogP contribution in [0.5, 0.6) is 0 Å². The van der Waals surface area contributed by atoms with Crippen molar-refractivity contribution in [2.24, 2.45) is 5.92 Å². The highest BCUT2D eigenvalue weighted by Gasteiger charge is 2.20. The van der Waals surface area contributed by atoms with Crippen molar-refractivity contribution in [3.63, 3.8) is 0 Å². The molecule has 0 amide bonds. The third-order valence-corrected chi connectivity index (χ3v) is 1.93. The van der Waals surface area contributed by atoms with E-state index >= 15 is 0 Å². The summed E-state index contributed by atoms with van der Waals surface area (Å²) in [6.07, 6.45) is 3.46. The van der Waals surface area contributed by atoms with Crippen LogP contribution < -0.4 is 0 Å². The van der Waals surface area contributed by atoms with Gasteiger partial charge in [0.05, 0.1) is 12.2 Å². The molecule has 1 saturated heterocycles. The fraction of sp³-hybridized carbons (Fsp3) is 1.00. The molecule has 1 heteroatoms. The lowest BCUT2D eigenvalue weighted by molar-refractivity contribution is -0.0485. The first kappa shape index (κ1) is 7.07. The van der Waals surface area contributed by atoms with Crippen LogP contribution in [0.25, 0.3) is 0 Å². The van der Waals surface area contributed by atoms with Crippen LogP contribution in [-0.4, -0.2) is 12.2 Å². The molecule has 1 aliphatic rings. The Morgan fingerprint density at radius 1 is 1.00 bits per heavy atom. The zero-order valence-electron chi connectivity index (χ0n) is 6.55. The summed E-state index contributed by atoms with van der Waals surface area (Å²) in [7, 11) is 0. The minimum absolute atomic E-state index is 0.490. The minimum atomic E-state index is 0.490. The van der Waals surface area contributed by atoms with Gasteiger partial charge in [-0.3, -0.25) is 0 Å². The van der Waals surface area contributed by atoms with Crippen molar-refractivity contribution in [1.29, 1.82) is 0 Å². The van der Waals surface area contributed by atoms with Crippen molar-refractivity contribution in [1.82, 2.24) is 0 Å². The van der Waals surface area contributed by atoms with E-state index in [-0.39, 0.29) is 0 Å². The summed E-state index contributed by atoms with van der Waals surface area (Å²) in [5.74, 6) is 0.865. The van der Waals surface area contributed by atoms with Crippen LogP contribution >= 0.6 is 0 Å². The summed E-state index contributed by atoms with van der Waals surface area (Å²) in [6, 6.07) is 0. The molecule has 1 rings (SSSR count). The highest BCUT2D eigenvalue weighted by molar-refractivity contribution is 4.69. The van der Waals surface area contributed by atoms with Crippen LogP contribution in [0.3, 0.4) is 0 Å². The van der Waals surface area contributed by atoms with E-state index in [1.807, 2.05) is 0 Å². The lowest BCUT2D eigenvalue weighted by Crippen LogP contribution is -2.27. The molecule has 0 aliphatic carbocycles. The lowest BCUT2D eigenvalue weighted by atomic mass is 9.95. The van der Waals surface area contributed by atoms with Gasteiger partial charge in [0.25, 0.3) is 0 Å². The van der Waals surface area contributed by atoms with Crippen LogP contribution in [0, 0.1) is 5.92 Å². The van der Waals surface area contributed by atoms with Crippen molar-refractivity contribution in [3.8, 4) is 0 Å². The third kappa shape index (κ3) is 1.98. The highest BCUT2D eigenvalue weighted by Crippen LogP contribution is 2.23. The Balaban J connectivity index is 2.34. The fourth-order valence-corrected chi connectivity index (χ4v) is 1.74. The van der Waals surface area contributed by atoms with Gasteiger partial charge in [-0.25, -0.2) is 0 Å². The molecule has 0 unspecified atom stereocenters. The van der Waals surface area contributed by atoms with Gasteiger partial charge in [0.2, 0.25) is 0 Å². The normalized spacial score (nSPS) is 45.0. The van der Waals surface area contributed by atoms with Crippen molar-refractivity contribution >= 4 is 0 Å². The van der Waals surface area contributed by atoms with Gasteiger partial charge < -0.3 is 4.74 Å². The zero-order chi connectivity index (χ0) is 6.85. The van der Waals surface area contributed by atoms with E-state index in [9.17, 15) is 0 Å². The zero-order valence-corrected chi connectivity index (χ0v) is 6.55. The maximum atomic E-state index is 5.56. The number of hydrogen-bond donors (Lipinski definition) is 0. The molecule has 54 valence electrons. The Morgan fingerprint density at radius 3 is 1.78 bits per heavy atom. The summed E-state index contributed by atoms with van der Waals surface area (Å²) in [6.45, 7) is 6.62. The molecule has 0 radical (unpaired) electrons. The number of ether oxygens (including phenoxy) is 1. The summed E-state index contributed by atoms with van der Waals surface area (Å²) >= 11 is 0. The number of hydrogen-bond acceptors (Lipinski definition) is 1. The van der Waals surface area contributed by atoms with Gasteiger partial charge >= 0.3 is 0 Å². The molecule has 0 aromatic carbocycles. The van der Waals surface area contributed by atoms with Crippen LogP contribution in [0.1, 0.15) is 33.6 Å². The van der Waals surface area contributed by atoms with Crippen LogP contribution in [0.2, 0.25) is 0 Å². The molecule has 2 atom stereocenters. The molecule has 1 nitrogen and oxygen atoms in total. The molecule has 0 aromatic heterocycles. The van der Waals surface area contributed by atoms with E-state index in [4.69, 9.17) is 4.74 Å². The SMILES string of the molecule is CC1C[C@H](C)O[C@@H](C)C1. The van der Waals surface area contributed by atoms with Crippen molar-refractivity contribution < 1.29 is 4.74 Å². The summed E-state index contributed by atoms with van der Waals surface area (Å²) in [4.78, 5) is 0. The molecule has 1 fully saturated rings. The summed E-state index contributed by atoms with van der Waals surface area (Å²) in [5, 5.41) is 0. The van der Waals surface area contributed by atoms with E-state index in [0.29, 0.717) is 12.2 Å². The monoisotopic (exact) mass is 128 g/mol. The molecule has 0 spiro atoms. The molecular weight excluding hydrogens is 112 g/mol. The second-order valence-corrected chi connectivity index (χ2v) is 3.33. The van der Waals surface area contributed by atoms with E-state index in [2.05, 4.69) is 20.8 Å². The van der Waals surface area contributed by atoms with Gasteiger partial charge in [0.15, 0.2) is 0 Å². The molecule has 0 saturated carbocycles. The second kappa shape index (κ2) is 2.70. The van der Waals surface area contributed by atoms with Gasteiger partial charge in [-0.1, -0.05) is 6.92 Å². The van der Waals surface area contributed by atoms with Gasteiger partial charge in [-0.05, 0) is 32.6 Å². The lowest BCUT2D eigenvalue weighted by Gasteiger charge is -2.29. The minimum Gasteiger partial charge on any atom is -0.376 e. The third-order valence-electron chi connectivity index (χ3n) is 1.93. The maximum absolute atomic E-state index is 5.56. The largest absolute Gasteiger partial charge is 0.376 e. The fourth-order valence-electron chi connectivity index (χ4n) is 1.74. The Hall–Kier alpha value is -0.0400. The number of rotatable bonds is 0. The van der Waals surface area contributed by atoms with E-state index in [1.165, 1.54) is 12.8 Å². The van der Waals surface area contributed by atoms with Gasteiger partial charge in [0, 0.05) is 0 Å². The van der Waals surface area contributed by atoms with Crippen molar-refractivity contribution in [3.05, 3.63) is 0 Å². The van der Waals surface area contributed by atoms with Crippen LogP contribution in [0.15, 0.2) is 0 Å². The van der Waals surface area contributed by atoms with Gasteiger partial charge in [-0.2, -0.15) is 0 Å². The summed E-state index contributed by atoms with van der Waals surface area (Å²) in [5.41, 5.74) is 0. The maximum Gasteiger partial charge on any atom is 0.0553 e. The molecule has 1 heterocycles. The average Bonchev–Trinajstić information content (AvgIpc) is 1.59. The van der Waals surface area contributed by atoms with Gasteiger partial charge in [0.1, 0.15) is 0 Å². The predicted octanol–water partition coefficient (Wildman–Crippen LogP) is 2.21. The Kier molecular flexibility index (Phi) is 2.12. The molecule has 0 bridgehead atoms. The van der Waals surface area contributed by atoms with Crippen molar-refractivity contribution in [2.45, 2.75) is 45.8 Å². The van der Waals surface area contributed by atoms with E-state index in [1.54, 1.807) is 0 Å². The first-order valence-corrected chi connectivity index (χ1v) is 3.84. The van der Waals surface area contributed by atoms with E-state index in [0.717, 1.165) is 5.92 Å². The second-order valence-electron chi connectivity index (χ2n) is 3.33. The van der Waals surface area contributed by atoms with E-state index < -0.39 is 0 Å².